The van der Waals surface area contributed by atoms with Crippen LogP contribution in [-0.2, 0) is 14.3 Å². The molecule has 0 spiro atoms. The van der Waals surface area contributed by atoms with Crippen molar-refractivity contribution < 1.29 is 19.4 Å². The molecule has 1 N–H and O–H groups in total. The maximum Gasteiger partial charge on any atom is 0.306 e. The van der Waals surface area contributed by atoms with Crippen molar-refractivity contribution >= 4 is 11.9 Å². The molecular formula is C32H62O4. The van der Waals surface area contributed by atoms with Crippen molar-refractivity contribution in [1.29, 1.82) is 0 Å². The van der Waals surface area contributed by atoms with Gasteiger partial charge in [0.15, 0.2) is 0 Å². The van der Waals surface area contributed by atoms with Crippen LogP contribution < -0.4 is 0 Å². The molecule has 0 radical (unpaired) electrons. The Hall–Kier alpha value is -1.06. The number of carboxylic acid groups (broad SMARTS) is 1. The highest BCUT2D eigenvalue weighted by atomic mass is 16.5. The third kappa shape index (κ3) is 27.5. The molecule has 0 aliphatic carbocycles. The van der Waals surface area contributed by atoms with E-state index in [4.69, 9.17) is 9.84 Å². The van der Waals surface area contributed by atoms with Gasteiger partial charge in [-0.15, -0.1) is 0 Å². The second-order valence-corrected chi connectivity index (χ2v) is 11.0. The third-order valence-electron chi connectivity index (χ3n) is 7.33. The molecule has 4 nitrogen and oxygen atoms in total. The zero-order chi connectivity index (χ0) is 26.5. The predicted octanol–water partition coefficient (Wildman–Crippen LogP) is 10.6. The molecule has 0 rings (SSSR count). The summed E-state index contributed by atoms with van der Waals surface area (Å²) >= 11 is 0. The second kappa shape index (κ2) is 28.5. The number of ether oxygens (including phenoxy) is 1. The molecule has 0 aromatic rings. The smallest absolute Gasteiger partial charge is 0.306 e. The Morgan fingerprint density at radius 3 is 1.25 bits per heavy atom. The highest BCUT2D eigenvalue weighted by molar-refractivity contribution is 5.69. The van der Waals surface area contributed by atoms with Gasteiger partial charge in [0, 0.05) is 12.8 Å². The Balaban J connectivity index is 3.90. The fourth-order valence-corrected chi connectivity index (χ4v) is 4.95. The number of rotatable bonds is 29. The molecule has 0 amide bonds. The predicted molar refractivity (Wildman–Crippen MR) is 154 cm³/mol. The maximum atomic E-state index is 12.4. The quantitative estimate of drug-likeness (QED) is 0.0802. The molecule has 0 fully saturated rings. The summed E-state index contributed by atoms with van der Waals surface area (Å²) in [4.78, 5) is 23.2. The molecule has 0 saturated carbocycles. The van der Waals surface area contributed by atoms with Crippen molar-refractivity contribution in [3.8, 4) is 0 Å². The lowest BCUT2D eigenvalue weighted by Crippen LogP contribution is -2.18. The van der Waals surface area contributed by atoms with Gasteiger partial charge in [-0.05, 0) is 38.5 Å². The summed E-state index contributed by atoms with van der Waals surface area (Å²) in [6.07, 6.45) is 31.0. The first-order valence-corrected chi connectivity index (χ1v) is 16.0. The van der Waals surface area contributed by atoms with Crippen molar-refractivity contribution in [2.75, 3.05) is 0 Å². The third-order valence-corrected chi connectivity index (χ3v) is 7.33. The number of hydrogen-bond acceptors (Lipinski definition) is 3. The van der Waals surface area contributed by atoms with Gasteiger partial charge in [0.1, 0.15) is 6.10 Å². The van der Waals surface area contributed by atoms with Crippen LogP contribution in [0.5, 0.6) is 0 Å². The fraction of sp³-hybridized carbons (Fsp3) is 0.938. The molecule has 0 aromatic heterocycles. The van der Waals surface area contributed by atoms with Gasteiger partial charge in [-0.3, -0.25) is 9.59 Å². The number of carboxylic acids is 1. The largest absolute Gasteiger partial charge is 0.481 e. The molecule has 0 heterocycles. The topological polar surface area (TPSA) is 63.6 Å². The Kier molecular flexibility index (Phi) is 27.7. The second-order valence-electron chi connectivity index (χ2n) is 11.0. The van der Waals surface area contributed by atoms with Gasteiger partial charge in [0.25, 0.3) is 0 Å². The van der Waals surface area contributed by atoms with E-state index < -0.39 is 5.97 Å². The van der Waals surface area contributed by atoms with Gasteiger partial charge in [0.05, 0.1) is 0 Å². The van der Waals surface area contributed by atoms with Crippen LogP contribution >= 0.6 is 0 Å². The molecule has 0 aliphatic rings. The lowest BCUT2D eigenvalue weighted by molar-refractivity contribution is -0.150. The zero-order valence-electron chi connectivity index (χ0n) is 24.3. The molecule has 4 heteroatoms. The van der Waals surface area contributed by atoms with Crippen LogP contribution in [0.2, 0.25) is 0 Å². The first-order valence-electron chi connectivity index (χ1n) is 16.0. The van der Waals surface area contributed by atoms with Gasteiger partial charge < -0.3 is 9.84 Å². The van der Waals surface area contributed by atoms with E-state index in [0.29, 0.717) is 12.8 Å². The molecular weight excluding hydrogens is 448 g/mol. The van der Waals surface area contributed by atoms with Crippen LogP contribution in [-0.4, -0.2) is 23.1 Å². The highest BCUT2D eigenvalue weighted by Gasteiger charge is 2.14. The zero-order valence-corrected chi connectivity index (χ0v) is 24.3. The van der Waals surface area contributed by atoms with Crippen LogP contribution in [0.4, 0.5) is 0 Å². The SMILES string of the molecule is CCCCCCCCCCCCCCC(=O)OC(CCCCCCCCCCC)CCCCC(=O)O. The van der Waals surface area contributed by atoms with E-state index in [1.54, 1.807) is 0 Å². The summed E-state index contributed by atoms with van der Waals surface area (Å²) in [7, 11) is 0. The van der Waals surface area contributed by atoms with E-state index in [1.165, 1.54) is 116 Å². The number of carbonyl (C=O) groups excluding carboxylic acids is 1. The van der Waals surface area contributed by atoms with Crippen LogP contribution in [0, 0.1) is 0 Å². The normalized spacial score (nSPS) is 12.1. The lowest BCUT2D eigenvalue weighted by Gasteiger charge is -2.18. The van der Waals surface area contributed by atoms with Gasteiger partial charge in [-0.1, -0.05) is 136 Å². The molecule has 214 valence electrons. The average Bonchev–Trinajstić information content (AvgIpc) is 2.85. The van der Waals surface area contributed by atoms with Crippen molar-refractivity contribution in [3.05, 3.63) is 0 Å². The van der Waals surface area contributed by atoms with Crippen molar-refractivity contribution in [1.82, 2.24) is 0 Å². The first kappa shape index (κ1) is 34.9. The number of unbranched alkanes of at least 4 members (excludes halogenated alkanes) is 20. The van der Waals surface area contributed by atoms with Gasteiger partial charge in [-0.2, -0.15) is 0 Å². The monoisotopic (exact) mass is 510 g/mol. The fourth-order valence-electron chi connectivity index (χ4n) is 4.95. The molecule has 1 atom stereocenters. The van der Waals surface area contributed by atoms with E-state index in [0.717, 1.165) is 38.5 Å². The van der Waals surface area contributed by atoms with Crippen molar-refractivity contribution in [2.45, 2.75) is 193 Å². The van der Waals surface area contributed by atoms with Crippen molar-refractivity contribution in [3.63, 3.8) is 0 Å². The van der Waals surface area contributed by atoms with E-state index in [2.05, 4.69) is 13.8 Å². The summed E-state index contributed by atoms with van der Waals surface area (Å²) in [6, 6.07) is 0. The van der Waals surface area contributed by atoms with Crippen LogP contribution in [0.25, 0.3) is 0 Å². The minimum absolute atomic E-state index is 0.0341. The standard InChI is InChI=1S/C32H62O4/c1-3-5-7-9-11-13-14-15-17-19-21-23-29-32(35)36-30(27-24-25-28-31(33)34)26-22-20-18-16-12-10-8-6-4-2/h30H,3-29H2,1-2H3,(H,33,34). The summed E-state index contributed by atoms with van der Waals surface area (Å²) < 4.78 is 5.84. The summed E-state index contributed by atoms with van der Waals surface area (Å²) in [5.41, 5.74) is 0. The van der Waals surface area contributed by atoms with Gasteiger partial charge in [0.2, 0.25) is 0 Å². The van der Waals surface area contributed by atoms with Crippen LogP contribution in [0.15, 0.2) is 0 Å². The minimum atomic E-state index is -0.741. The van der Waals surface area contributed by atoms with E-state index in [9.17, 15) is 9.59 Å². The lowest BCUT2D eigenvalue weighted by atomic mass is 10.0. The molecule has 0 saturated heterocycles. The molecule has 1 unspecified atom stereocenters. The number of aliphatic carboxylic acids is 1. The minimum Gasteiger partial charge on any atom is -0.481 e. The Labute approximate surface area is 224 Å². The van der Waals surface area contributed by atoms with E-state index in [1.807, 2.05) is 0 Å². The summed E-state index contributed by atoms with van der Waals surface area (Å²) in [5, 5.41) is 8.87. The van der Waals surface area contributed by atoms with Gasteiger partial charge >= 0.3 is 11.9 Å². The van der Waals surface area contributed by atoms with Crippen LogP contribution in [0.3, 0.4) is 0 Å². The Morgan fingerprint density at radius 2 is 0.833 bits per heavy atom. The van der Waals surface area contributed by atoms with Crippen LogP contribution in [0.1, 0.15) is 187 Å². The van der Waals surface area contributed by atoms with E-state index >= 15 is 0 Å². The number of hydrogen-bond donors (Lipinski definition) is 1. The molecule has 0 aromatic carbocycles. The average molecular weight is 511 g/mol. The molecule has 0 aliphatic heterocycles. The Bertz CT molecular complexity index is 477. The first-order chi connectivity index (χ1) is 17.6. The Morgan fingerprint density at radius 1 is 0.500 bits per heavy atom. The van der Waals surface area contributed by atoms with Gasteiger partial charge in [-0.25, -0.2) is 0 Å². The summed E-state index contributed by atoms with van der Waals surface area (Å²) in [6.45, 7) is 4.52. The van der Waals surface area contributed by atoms with E-state index in [-0.39, 0.29) is 18.5 Å². The number of esters is 1. The maximum absolute atomic E-state index is 12.4. The number of carbonyl (C=O) groups is 2. The summed E-state index contributed by atoms with van der Waals surface area (Å²) in [5.74, 6) is -0.796. The molecule has 36 heavy (non-hydrogen) atoms. The molecule has 0 bridgehead atoms. The van der Waals surface area contributed by atoms with Crippen molar-refractivity contribution in [2.24, 2.45) is 0 Å². The highest BCUT2D eigenvalue weighted by Crippen LogP contribution is 2.18.